The summed E-state index contributed by atoms with van der Waals surface area (Å²) < 4.78 is 0. The molecule has 0 spiro atoms. The van der Waals surface area contributed by atoms with Crippen LogP contribution in [0.2, 0.25) is 0 Å². The standard InChI is InChI=1S/C16H20N4/c1-12(17)8-13-9-18-16(19-10-13)20-7-6-14-4-2-3-5-15(14)11-20/h2-5,9-10,12H,6-8,11,17H2,1H3. The molecule has 20 heavy (non-hydrogen) atoms. The Bertz CT molecular complexity index is 577. The van der Waals surface area contributed by atoms with E-state index in [4.69, 9.17) is 5.73 Å². The molecule has 4 nitrogen and oxygen atoms in total. The lowest BCUT2D eigenvalue weighted by atomic mass is 10.0. The van der Waals surface area contributed by atoms with Gasteiger partial charge in [0.1, 0.15) is 0 Å². The van der Waals surface area contributed by atoms with Crippen molar-refractivity contribution in [1.29, 1.82) is 0 Å². The van der Waals surface area contributed by atoms with Crippen LogP contribution in [-0.2, 0) is 19.4 Å². The topological polar surface area (TPSA) is 55.0 Å². The summed E-state index contributed by atoms with van der Waals surface area (Å²) in [6, 6.07) is 8.74. The first kappa shape index (κ1) is 13.1. The first-order valence-corrected chi connectivity index (χ1v) is 7.10. The van der Waals surface area contributed by atoms with E-state index in [1.165, 1.54) is 11.1 Å². The van der Waals surface area contributed by atoms with E-state index in [0.29, 0.717) is 0 Å². The van der Waals surface area contributed by atoms with Gasteiger partial charge in [0.2, 0.25) is 5.95 Å². The Balaban J connectivity index is 1.74. The quantitative estimate of drug-likeness (QED) is 0.924. The van der Waals surface area contributed by atoms with Gasteiger partial charge in [0.05, 0.1) is 0 Å². The van der Waals surface area contributed by atoms with Gasteiger partial charge in [0, 0.05) is 31.5 Å². The molecule has 2 aromatic rings. The van der Waals surface area contributed by atoms with Crippen LogP contribution >= 0.6 is 0 Å². The maximum absolute atomic E-state index is 5.79. The van der Waals surface area contributed by atoms with Crippen LogP contribution in [0.25, 0.3) is 0 Å². The molecule has 2 N–H and O–H groups in total. The van der Waals surface area contributed by atoms with Crippen LogP contribution in [0.4, 0.5) is 5.95 Å². The van der Waals surface area contributed by atoms with Gasteiger partial charge in [-0.2, -0.15) is 0 Å². The third kappa shape index (κ3) is 2.80. The molecule has 0 fully saturated rings. The summed E-state index contributed by atoms with van der Waals surface area (Å²) in [7, 11) is 0. The Labute approximate surface area is 119 Å². The van der Waals surface area contributed by atoms with E-state index in [1.54, 1.807) is 0 Å². The van der Waals surface area contributed by atoms with Crippen molar-refractivity contribution in [2.24, 2.45) is 5.73 Å². The molecule has 3 rings (SSSR count). The van der Waals surface area contributed by atoms with Gasteiger partial charge in [-0.25, -0.2) is 9.97 Å². The molecule has 1 aliphatic rings. The number of aromatic nitrogens is 2. The Kier molecular flexibility index (Phi) is 3.65. The molecule has 0 aliphatic carbocycles. The summed E-state index contributed by atoms with van der Waals surface area (Å²) in [5.41, 5.74) is 9.71. The third-order valence-electron chi connectivity index (χ3n) is 3.66. The Morgan fingerprint density at radius 1 is 1.20 bits per heavy atom. The van der Waals surface area contributed by atoms with Crippen molar-refractivity contribution in [3.8, 4) is 0 Å². The van der Waals surface area contributed by atoms with E-state index in [9.17, 15) is 0 Å². The highest BCUT2D eigenvalue weighted by molar-refractivity contribution is 5.39. The van der Waals surface area contributed by atoms with Crippen LogP contribution in [0.15, 0.2) is 36.7 Å². The van der Waals surface area contributed by atoms with E-state index in [2.05, 4.69) is 39.1 Å². The summed E-state index contributed by atoms with van der Waals surface area (Å²) in [6.07, 6.45) is 5.67. The summed E-state index contributed by atoms with van der Waals surface area (Å²) in [5.74, 6) is 0.813. The highest BCUT2D eigenvalue weighted by atomic mass is 15.2. The van der Waals surface area contributed by atoms with Gasteiger partial charge in [-0.15, -0.1) is 0 Å². The van der Waals surface area contributed by atoms with Crippen LogP contribution in [-0.4, -0.2) is 22.6 Å². The number of nitrogens with zero attached hydrogens (tertiary/aromatic N) is 3. The van der Waals surface area contributed by atoms with Crippen molar-refractivity contribution in [3.05, 3.63) is 53.3 Å². The molecule has 0 amide bonds. The summed E-state index contributed by atoms with van der Waals surface area (Å²) in [4.78, 5) is 11.2. The maximum Gasteiger partial charge on any atom is 0.225 e. The molecule has 0 saturated heterocycles. The normalized spacial score (nSPS) is 15.8. The molecular weight excluding hydrogens is 248 g/mol. The minimum atomic E-state index is 0.145. The lowest BCUT2D eigenvalue weighted by molar-refractivity contribution is 0.699. The van der Waals surface area contributed by atoms with Crippen LogP contribution in [0.5, 0.6) is 0 Å². The van der Waals surface area contributed by atoms with Crippen LogP contribution in [0, 0.1) is 0 Å². The SMILES string of the molecule is CC(N)Cc1cnc(N2CCc3ccccc3C2)nc1. The molecule has 0 bridgehead atoms. The zero-order chi connectivity index (χ0) is 13.9. The average molecular weight is 268 g/mol. The molecular formula is C16H20N4. The van der Waals surface area contributed by atoms with Crippen LogP contribution in [0.1, 0.15) is 23.6 Å². The first-order chi connectivity index (χ1) is 9.72. The molecule has 1 unspecified atom stereocenters. The maximum atomic E-state index is 5.79. The highest BCUT2D eigenvalue weighted by Crippen LogP contribution is 2.21. The molecule has 2 heterocycles. The third-order valence-corrected chi connectivity index (χ3v) is 3.66. The smallest absolute Gasteiger partial charge is 0.225 e. The minimum Gasteiger partial charge on any atom is -0.336 e. The molecule has 0 saturated carbocycles. The second-order valence-electron chi connectivity index (χ2n) is 5.51. The van der Waals surface area contributed by atoms with Crippen molar-refractivity contribution >= 4 is 5.95 Å². The first-order valence-electron chi connectivity index (χ1n) is 7.10. The molecule has 104 valence electrons. The fourth-order valence-electron chi connectivity index (χ4n) is 2.65. The van der Waals surface area contributed by atoms with Gasteiger partial charge < -0.3 is 10.6 Å². The fourth-order valence-corrected chi connectivity index (χ4v) is 2.65. The minimum absolute atomic E-state index is 0.145. The molecule has 1 aromatic carbocycles. The Morgan fingerprint density at radius 2 is 1.90 bits per heavy atom. The van der Waals surface area contributed by atoms with Gasteiger partial charge >= 0.3 is 0 Å². The molecule has 1 aliphatic heterocycles. The van der Waals surface area contributed by atoms with Crippen molar-refractivity contribution in [3.63, 3.8) is 0 Å². The van der Waals surface area contributed by atoms with E-state index in [1.807, 2.05) is 19.3 Å². The van der Waals surface area contributed by atoms with Gasteiger partial charge in [0.15, 0.2) is 0 Å². The monoisotopic (exact) mass is 268 g/mol. The summed E-state index contributed by atoms with van der Waals surface area (Å²) in [5, 5.41) is 0. The van der Waals surface area contributed by atoms with E-state index in [-0.39, 0.29) is 6.04 Å². The van der Waals surface area contributed by atoms with Crippen LogP contribution in [0.3, 0.4) is 0 Å². The fraction of sp³-hybridized carbons (Fsp3) is 0.375. The van der Waals surface area contributed by atoms with Crippen molar-refractivity contribution in [2.75, 3.05) is 11.4 Å². The lowest BCUT2D eigenvalue weighted by Gasteiger charge is -2.28. The van der Waals surface area contributed by atoms with Gasteiger partial charge in [-0.05, 0) is 36.5 Å². The predicted octanol–water partition coefficient (Wildman–Crippen LogP) is 1.93. The Hall–Kier alpha value is -1.94. The lowest BCUT2D eigenvalue weighted by Crippen LogP contribution is -2.31. The second-order valence-corrected chi connectivity index (χ2v) is 5.51. The zero-order valence-corrected chi connectivity index (χ0v) is 11.8. The number of hydrogen-bond acceptors (Lipinski definition) is 4. The van der Waals surface area contributed by atoms with Gasteiger partial charge in [-0.1, -0.05) is 24.3 Å². The van der Waals surface area contributed by atoms with Crippen LogP contribution < -0.4 is 10.6 Å². The van der Waals surface area contributed by atoms with Crippen molar-refractivity contribution in [1.82, 2.24) is 9.97 Å². The number of nitrogens with two attached hydrogens (primary N) is 1. The van der Waals surface area contributed by atoms with Crippen molar-refractivity contribution in [2.45, 2.75) is 32.4 Å². The molecule has 4 heteroatoms. The number of anilines is 1. The Morgan fingerprint density at radius 3 is 2.60 bits per heavy atom. The molecule has 0 radical (unpaired) electrons. The van der Waals surface area contributed by atoms with Gasteiger partial charge in [0.25, 0.3) is 0 Å². The van der Waals surface area contributed by atoms with E-state index in [0.717, 1.165) is 37.4 Å². The van der Waals surface area contributed by atoms with Gasteiger partial charge in [-0.3, -0.25) is 0 Å². The van der Waals surface area contributed by atoms with E-state index >= 15 is 0 Å². The largest absolute Gasteiger partial charge is 0.336 e. The van der Waals surface area contributed by atoms with Crippen molar-refractivity contribution < 1.29 is 0 Å². The number of hydrogen-bond donors (Lipinski definition) is 1. The second kappa shape index (κ2) is 5.59. The highest BCUT2D eigenvalue weighted by Gasteiger charge is 2.17. The molecule has 1 atom stereocenters. The summed E-state index contributed by atoms with van der Waals surface area (Å²) in [6.45, 7) is 3.86. The number of benzene rings is 1. The molecule has 1 aromatic heterocycles. The van der Waals surface area contributed by atoms with E-state index < -0.39 is 0 Å². The zero-order valence-electron chi connectivity index (χ0n) is 11.8. The number of rotatable bonds is 3. The average Bonchev–Trinajstić information content (AvgIpc) is 2.47. The number of fused-ring (bicyclic) bond motifs is 1. The predicted molar refractivity (Wildman–Crippen MR) is 80.6 cm³/mol. The summed E-state index contributed by atoms with van der Waals surface area (Å²) >= 11 is 0.